The van der Waals surface area contributed by atoms with Crippen LogP contribution in [0.4, 0.5) is 0 Å². The first-order chi connectivity index (χ1) is 7.44. The highest BCUT2D eigenvalue weighted by atomic mass is 16.4. The minimum Gasteiger partial charge on any atom is -0.480 e. The smallest absolute Gasteiger partial charge is 0.321 e. The van der Waals surface area contributed by atoms with Crippen LogP contribution in [0.3, 0.4) is 0 Å². The SMILES string of the molecule is CCC(C)N1CCC(C(=O)O)(C(=O)O)CC1. The number of aliphatic carboxylic acids is 2. The van der Waals surface area contributed by atoms with Crippen molar-refractivity contribution in [3.05, 3.63) is 0 Å². The highest BCUT2D eigenvalue weighted by Crippen LogP contribution is 2.33. The lowest BCUT2D eigenvalue weighted by Gasteiger charge is -2.38. The Balaban J connectivity index is 2.71. The molecule has 1 aliphatic rings. The predicted molar refractivity (Wildman–Crippen MR) is 58.3 cm³/mol. The Kier molecular flexibility index (Phi) is 3.91. The Bertz CT molecular complexity index is 266. The van der Waals surface area contributed by atoms with Gasteiger partial charge in [-0.15, -0.1) is 0 Å². The fourth-order valence-corrected chi connectivity index (χ4v) is 2.12. The molecule has 0 aromatic carbocycles. The molecule has 0 radical (unpaired) electrons. The van der Waals surface area contributed by atoms with Crippen molar-refractivity contribution >= 4 is 11.9 Å². The zero-order chi connectivity index (χ0) is 12.3. The summed E-state index contributed by atoms with van der Waals surface area (Å²) in [5.74, 6) is -2.41. The number of nitrogens with zero attached hydrogens (tertiary/aromatic N) is 1. The summed E-state index contributed by atoms with van der Waals surface area (Å²) in [7, 11) is 0. The molecule has 92 valence electrons. The van der Waals surface area contributed by atoms with Crippen LogP contribution < -0.4 is 0 Å². The third-order valence-corrected chi connectivity index (χ3v) is 3.68. The third kappa shape index (κ3) is 2.19. The van der Waals surface area contributed by atoms with Crippen molar-refractivity contribution in [2.24, 2.45) is 5.41 Å². The van der Waals surface area contributed by atoms with Gasteiger partial charge in [0, 0.05) is 19.1 Å². The number of carboxylic acid groups (broad SMARTS) is 2. The molecule has 0 aromatic heterocycles. The number of rotatable bonds is 4. The molecule has 0 saturated carbocycles. The van der Waals surface area contributed by atoms with Crippen LogP contribution in [0.2, 0.25) is 0 Å². The van der Waals surface area contributed by atoms with Crippen molar-refractivity contribution in [2.45, 2.75) is 39.2 Å². The molecule has 16 heavy (non-hydrogen) atoms. The molecule has 1 aliphatic heterocycles. The number of carbonyl (C=O) groups is 2. The molecule has 1 fully saturated rings. The van der Waals surface area contributed by atoms with Crippen LogP contribution in [0.5, 0.6) is 0 Å². The monoisotopic (exact) mass is 229 g/mol. The van der Waals surface area contributed by atoms with E-state index in [4.69, 9.17) is 10.2 Å². The molecule has 1 rings (SSSR count). The quantitative estimate of drug-likeness (QED) is 0.704. The highest BCUT2D eigenvalue weighted by molar-refractivity contribution is 5.98. The largest absolute Gasteiger partial charge is 0.480 e. The second kappa shape index (κ2) is 4.82. The molecule has 0 aliphatic carbocycles. The Hall–Kier alpha value is -1.10. The van der Waals surface area contributed by atoms with Gasteiger partial charge in [0.1, 0.15) is 0 Å². The highest BCUT2D eigenvalue weighted by Gasteiger charge is 2.48. The van der Waals surface area contributed by atoms with Crippen molar-refractivity contribution in [3.63, 3.8) is 0 Å². The van der Waals surface area contributed by atoms with Gasteiger partial charge in [-0.3, -0.25) is 9.59 Å². The molecular formula is C11H19NO4. The fraction of sp³-hybridized carbons (Fsp3) is 0.818. The predicted octanol–water partition coefficient (Wildman–Crippen LogP) is 1.04. The van der Waals surface area contributed by atoms with Gasteiger partial charge in [-0.25, -0.2) is 0 Å². The molecule has 2 N–H and O–H groups in total. The Morgan fingerprint density at radius 3 is 2.00 bits per heavy atom. The van der Waals surface area contributed by atoms with Gasteiger partial charge in [0.15, 0.2) is 5.41 Å². The lowest BCUT2D eigenvalue weighted by Crippen LogP contribution is -2.50. The maximum absolute atomic E-state index is 11.1. The van der Waals surface area contributed by atoms with Gasteiger partial charge in [0.25, 0.3) is 0 Å². The van der Waals surface area contributed by atoms with E-state index in [1.165, 1.54) is 0 Å². The van der Waals surface area contributed by atoms with E-state index in [2.05, 4.69) is 18.7 Å². The molecule has 0 bridgehead atoms. The molecule has 0 spiro atoms. The Morgan fingerprint density at radius 1 is 1.25 bits per heavy atom. The summed E-state index contributed by atoms with van der Waals surface area (Å²) in [6, 6.07) is 0.389. The van der Waals surface area contributed by atoms with Crippen LogP contribution in [-0.2, 0) is 9.59 Å². The lowest BCUT2D eigenvalue weighted by molar-refractivity contribution is -0.168. The minimum atomic E-state index is -1.57. The summed E-state index contributed by atoms with van der Waals surface area (Å²) in [4.78, 5) is 24.3. The molecule has 0 aromatic rings. The fourth-order valence-electron chi connectivity index (χ4n) is 2.12. The van der Waals surface area contributed by atoms with Crippen molar-refractivity contribution in [2.75, 3.05) is 13.1 Å². The summed E-state index contributed by atoms with van der Waals surface area (Å²) in [6.07, 6.45) is 1.39. The van der Waals surface area contributed by atoms with Crippen LogP contribution in [0.1, 0.15) is 33.1 Å². The number of piperidine rings is 1. The second-order valence-electron chi connectivity index (χ2n) is 4.49. The molecular weight excluding hydrogens is 210 g/mol. The van der Waals surface area contributed by atoms with Crippen LogP contribution in [0.15, 0.2) is 0 Å². The summed E-state index contributed by atoms with van der Waals surface area (Å²) in [5, 5.41) is 18.1. The lowest BCUT2D eigenvalue weighted by atomic mass is 9.78. The van der Waals surface area contributed by atoms with Crippen LogP contribution in [0, 0.1) is 5.41 Å². The van der Waals surface area contributed by atoms with Gasteiger partial charge in [0.2, 0.25) is 0 Å². The van der Waals surface area contributed by atoms with Crippen LogP contribution >= 0.6 is 0 Å². The number of carboxylic acids is 2. The van der Waals surface area contributed by atoms with Gasteiger partial charge >= 0.3 is 11.9 Å². The first kappa shape index (κ1) is 13.0. The van der Waals surface area contributed by atoms with Gasteiger partial charge in [-0.1, -0.05) is 6.92 Å². The molecule has 1 heterocycles. The van der Waals surface area contributed by atoms with E-state index in [-0.39, 0.29) is 12.8 Å². The molecule has 5 nitrogen and oxygen atoms in total. The van der Waals surface area contributed by atoms with E-state index in [0.717, 1.165) is 6.42 Å². The summed E-state index contributed by atoms with van der Waals surface area (Å²) in [5.41, 5.74) is -1.57. The van der Waals surface area contributed by atoms with Gasteiger partial charge in [-0.2, -0.15) is 0 Å². The maximum atomic E-state index is 11.1. The van der Waals surface area contributed by atoms with Crippen molar-refractivity contribution in [1.29, 1.82) is 0 Å². The average Bonchev–Trinajstić information content (AvgIpc) is 2.27. The van der Waals surface area contributed by atoms with Crippen molar-refractivity contribution < 1.29 is 19.8 Å². The van der Waals surface area contributed by atoms with E-state index >= 15 is 0 Å². The number of hydrogen-bond donors (Lipinski definition) is 2. The van der Waals surface area contributed by atoms with Crippen LogP contribution in [-0.4, -0.2) is 46.2 Å². The van der Waals surface area contributed by atoms with Gasteiger partial charge in [-0.05, 0) is 26.2 Å². The summed E-state index contributed by atoms with van der Waals surface area (Å²) < 4.78 is 0. The van der Waals surface area contributed by atoms with E-state index in [1.54, 1.807) is 0 Å². The third-order valence-electron chi connectivity index (χ3n) is 3.68. The van der Waals surface area contributed by atoms with E-state index in [9.17, 15) is 9.59 Å². The molecule has 5 heteroatoms. The van der Waals surface area contributed by atoms with Crippen LogP contribution in [0.25, 0.3) is 0 Å². The van der Waals surface area contributed by atoms with E-state index in [1.807, 2.05) is 0 Å². The number of likely N-dealkylation sites (tertiary alicyclic amines) is 1. The summed E-state index contributed by atoms with van der Waals surface area (Å²) >= 11 is 0. The van der Waals surface area contributed by atoms with Crippen molar-refractivity contribution in [3.8, 4) is 0 Å². The van der Waals surface area contributed by atoms with Gasteiger partial charge in [0.05, 0.1) is 0 Å². The molecule has 1 saturated heterocycles. The maximum Gasteiger partial charge on any atom is 0.321 e. The normalized spacial score (nSPS) is 22.6. The van der Waals surface area contributed by atoms with Gasteiger partial charge < -0.3 is 15.1 Å². The zero-order valence-electron chi connectivity index (χ0n) is 9.77. The second-order valence-corrected chi connectivity index (χ2v) is 4.49. The first-order valence-corrected chi connectivity index (χ1v) is 5.65. The minimum absolute atomic E-state index is 0.196. The Morgan fingerprint density at radius 2 is 1.69 bits per heavy atom. The van der Waals surface area contributed by atoms with Crippen molar-refractivity contribution in [1.82, 2.24) is 4.90 Å². The zero-order valence-corrected chi connectivity index (χ0v) is 9.77. The van der Waals surface area contributed by atoms with E-state index in [0.29, 0.717) is 19.1 Å². The topological polar surface area (TPSA) is 77.8 Å². The number of hydrogen-bond acceptors (Lipinski definition) is 3. The molecule has 1 atom stereocenters. The van der Waals surface area contributed by atoms with E-state index < -0.39 is 17.4 Å². The Labute approximate surface area is 95.1 Å². The first-order valence-electron chi connectivity index (χ1n) is 5.65. The summed E-state index contributed by atoms with van der Waals surface area (Å²) in [6.45, 7) is 5.25. The standard InChI is InChI=1S/C11H19NO4/c1-3-8(2)12-6-4-11(5-7-12,9(13)14)10(15)16/h8H,3-7H2,1-2H3,(H,13,14)(H,15,16). The molecule has 0 amide bonds. The average molecular weight is 229 g/mol. The molecule has 1 unspecified atom stereocenters.